The van der Waals surface area contributed by atoms with Crippen molar-refractivity contribution in [3.8, 4) is 0 Å². The van der Waals surface area contributed by atoms with E-state index in [0.29, 0.717) is 19.4 Å². The third-order valence-corrected chi connectivity index (χ3v) is 2.85. The number of amides is 1. The highest BCUT2D eigenvalue weighted by atomic mass is 16.2. The maximum Gasteiger partial charge on any atom is 0.223 e. The Labute approximate surface area is 85.5 Å². The molecule has 0 unspecified atom stereocenters. The van der Waals surface area contributed by atoms with Crippen LogP contribution in [-0.2, 0) is 9.59 Å². The Morgan fingerprint density at radius 3 is 2.71 bits per heavy atom. The molecule has 0 radical (unpaired) electrons. The molecule has 0 aromatic heterocycles. The molecule has 0 saturated carbocycles. The lowest BCUT2D eigenvalue weighted by Crippen LogP contribution is -2.53. The van der Waals surface area contributed by atoms with Gasteiger partial charge in [-0.1, -0.05) is 6.92 Å². The Bertz CT molecular complexity index is 246. The van der Waals surface area contributed by atoms with E-state index in [9.17, 15) is 9.59 Å². The summed E-state index contributed by atoms with van der Waals surface area (Å²) < 4.78 is 0. The quantitative estimate of drug-likeness (QED) is 0.676. The van der Waals surface area contributed by atoms with Crippen LogP contribution in [-0.4, -0.2) is 28.7 Å². The van der Waals surface area contributed by atoms with Crippen LogP contribution in [0.15, 0.2) is 0 Å². The molecule has 3 nitrogen and oxygen atoms in total. The second kappa shape index (κ2) is 4.11. The molecule has 14 heavy (non-hydrogen) atoms. The number of Topliss-reactive ketones (excluding diaryl/α,β-unsaturated/α-hetero) is 1. The molecule has 1 aliphatic rings. The second-order valence-electron chi connectivity index (χ2n) is 4.58. The van der Waals surface area contributed by atoms with Gasteiger partial charge in [0.25, 0.3) is 0 Å². The monoisotopic (exact) mass is 197 g/mol. The number of ketones is 1. The average molecular weight is 197 g/mol. The van der Waals surface area contributed by atoms with Crippen molar-refractivity contribution in [3.05, 3.63) is 0 Å². The van der Waals surface area contributed by atoms with Crippen LogP contribution in [0.3, 0.4) is 0 Å². The first-order valence-electron chi connectivity index (χ1n) is 5.29. The Balaban J connectivity index is 2.71. The first-order chi connectivity index (χ1) is 6.47. The van der Waals surface area contributed by atoms with Crippen LogP contribution in [0.5, 0.6) is 0 Å². The van der Waals surface area contributed by atoms with Crippen molar-refractivity contribution in [2.75, 3.05) is 6.54 Å². The maximum absolute atomic E-state index is 11.7. The number of rotatable bonds is 2. The minimum absolute atomic E-state index is 0.116. The van der Waals surface area contributed by atoms with Gasteiger partial charge in [0.15, 0.2) is 5.78 Å². The number of carbonyl (C=O) groups is 2. The van der Waals surface area contributed by atoms with Crippen LogP contribution >= 0.6 is 0 Å². The van der Waals surface area contributed by atoms with Gasteiger partial charge >= 0.3 is 0 Å². The molecule has 1 fully saturated rings. The van der Waals surface area contributed by atoms with Crippen molar-refractivity contribution < 1.29 is 9.59 Å². The maximum atomic E-state index is 11.7. The highest BCUT2D eigenvalue weighted by Gasteiger charge is 2.35. The summed E-state index contributed by atoms with van der Waals surface area (Å²) in [6, 6.07) is 0. The van der Waals surface area contributed by atoms with Crippen molar-refractivity contribution in [2.45, 2.75) is 52.0 Å². The Hall–Kier alpha value is -0.860. The van der Waals surface area contributed by atoms with Crippen molar-refractivity contribution in [3.63, 3.8) is 0 Å². The lowest BCUT2D eigenvalue weighted by atomic mass is 9.89. The van der Waals surface area contributed by atoms with Gasteiger partial charge in [-0.25, -0.2) is 0 Å². The lowest BCUT2D eigenvalue weighted by molar-refractivity contribution is -0.144. The normalized spacial score (nSPS) is 21.1. The van der Waals surface area contributed by atoms with Gasteiger partial charge < -0.3 is 4.90 Å². The Morgan fingerprint density at radius 1 is 1.50 bits per heavy atom. The largest absolute Gasteiger partial charge is 0.330 e. The van der Waals surface area contributed by atoms with Crippen molar-refractivity contribution in [1.29, 1.82) is 0 Å². The van der Waals surface area contributed by atoms with E-state index in [4.69, 9.17) is 0 Å². The molecular weight excluding hydrogens is 178 g/mol. The first kappa shape index (κ1) is 11.2. The number of carbonyl (C=O) groups excluding carboxylic acids is 2. The summed E-state index contributed by atoms with van der Waals surface area (Å²) in [5.41, 5.74) is -0.139. The van der Waals surface area contributed by atoms with E-state index in [-0.39, 0.29) is 17.2 Å². The molecule has 0 aromatic rings. The molecule has 0 spiro atoms. The summed E-state index contributed by atoms with van der Waals surface area (Å²) in [7, 11) is 0. The van der Waals surface area contributed by atoms with Crippen LogP contribution < -0.4 is 0 Å². The molecule has 0 bridgehead atoms. The molecular formula is C11H19NO2. The molecule has 0 aromatic carbocycles. The highest BCUT2D eigenvalue weighted by molar-refractivity contribution is 5.88. The van der Waals surface area contributed by atoms with Gasteiger partial charge in [-0.3, -0.25) is 9.59 Å². The van der Waals surface area contributed by atoms with Crippen molar-refractivity contribution in [1.82, 2.24) is 4.90 Å². The van der Waals surface area contributed by atoms with Crippen LogP contribution in [0, 0.1) is 0 Å². The van der Waals surface area contributed by atoms with Gasteiger partial charge in [-0.2, -0.15) is 0 Å². The molecule has 1 rings (SSSR count). The van der Waals surface area contributed by atoms with Gasteiger partial charge in [0.2, 0.25) is 5.91 Å². The van der Waals surface area contributed by atoms with Crippen LogP contribution in [0.25, 0.3) is 0 Å². The van der Waals surface area contributed by atoms with E-state index in [1.165, 1.54) is 0 Å². The predicted octanol–water partition coefficient (Wildman–Crippen LogP) is 1.76. The fourth-order valence-corrected chi connectivity index (χ4v) is 1.82. The fourth-order valence-electron chi connectivity index (χ4n) is 1.82. The molecule has 1 heterocycles. The van der Waals surface area contributed by atoms with E-state index in [2.05, 4.69) is 0 Å². The molecule has 1 aliphatic heterocycles. The molecule has 1 amide bonds. The summed E-state index contributed by atoms with van der Waals surface area (Å²) in [5, 5.41) is 0. The van der Waals surface area contributed by atoms with E-state index in [1.54, 1.807) is 4.90 Å². The molecule has 1 saturated heterocycles. The predicted molar refractivity (Wildman–Crippen MR) is 54.9 cm³/mol. The minimum Gasteiger partial charge on any atom is -0.330 e. The van der Waals surface area contributed by atoms with E-state index in [1.807, 2.05) is 20.8 Å². The minimum atomic E-state index is -0.139. The second-order valence-corrected chi connectivity index (χ2v) is 4.58. The summed E-state index contributed by atoms with van der Waals surface area (Å²) in [4.78, 5) is 24.7. The lowest BCUT2D eigenvalue weighted by Gasteiger charge is -2.41. The SMILES string of the molecule is CCCC(=O)N1CC(=O)CCC1(C)C. The van der Waals surface area contributed by atoms with Crippen molar-refractivity contribution >= 4 is 11.7 Å². The molecule has 0 atom stereocenters. The number of hydrogen-bond acceptors (Lipinski definition) is 2. The van der Waals surface area contributed by atoms with E-state index in [0.717, 1.165) is 12.8 Å². The van der Waals surface area contributed by atoms with Gasteiger partial charge in [0.1, 0.15) is 0 Å². The number of nitrogens with zero attached hydrogens (tertiary/aromatic N) is 1. The van der Waals surface area contributed by atoms with Crippen LogP contribution in [0.4, 0.5) is 0 Å². The fraction of sp³-hybridized carbons (Fsp3) is 0.818. The molecule has 0 N–H and O–H groups in total. The van der Waals surface area contributed by atoms with Crippen molar-refractivity contribution in [2.24, 2.45) is 0 Å². The molecule has 0 aliphatic carbocycles. The third kappa shape index (κ3) is 2.34. The van der Waals surface area contributed by atoms with Crippen LogP contribution in [0.2, 0.25) is 0 Å². The topological polar surface area (TPSA) is 37.4 Å². The summed E-state index contributed by atoms with van der Waals surface area (Å²) >= 11 is 0. The van der Waals surface area contributed by atoms with Gasteiger partial charge in [-0.05, 0) is 26.7 Å². The van der Waals surface area contributed by atoms with E-state index >= 15 is 0 Å². The summed E-state index contributed by atoms with van der Waals surface area (Å²) in [5.74, 6) is 0.305. The summed E-state index contributed by atoms with van der Waals surface area (Å²) in [6.07, 6.45) is 2.81. The zero-order chi connectivity index (χ0) is 10.8. The third-order valence-electron chi connectivity index (χ3n) is 2.85. The number of likely N-dealkylation sites (tertiary alicyclic amines) is 1. The smallest absolute Gasteiger partial charge is 0.223 e. The Kier molecular flexibility index (Phi) is 3.29. The molecule has 80 valence electrons. The molecule has 3 heteroatoms. The first-order valence-corrected chi connectivity index (χ1v) is 5.29. The average Bonchev–Trinajstić information content (AvgIpc) is 2.10. The zero-order valence-electron chi connectivity index (χ0n) is 9.30. The van der Waals surface area contributed by atoms with Gasteiger partial charge in [-0.15, -0.1) is 0 Å². The van der Waals surface area contributed by atoms with Gasteiger partial charge in [0.05, 0.1) is 6.54 Å². The standard InChI is InChI=1S/C11H19NO2/c1-4-5-10(14)12-8-9(13)6-7-11(12,2)3/h4-8H2,1-3H3. The number of hydrogen-bond donors (Lipinski definition) is 0. The number of piperidine rings is 1. The summed E-state index contributed by atoms with van der Waals surface area (Å²) in [6.45, 7) is 6.36. The Morgan fingerprint density at radius 2 is 2.14 bits per heavy atom. The van der Waals surface area contributed by atoms with Gasteiger partial charge in [0, 0.05) is 18.4 Å². The highest BCUT2D eigenvalue weighted by Crippen LogP contribution is 2.26. The van der Waals surface area contributed by atoms with Crippen LogP contribution in [0.1, 0.15) is 46.5 Å². The zero-order valence-corrected chi connectivity index (χ0v) is 9.30. The van der Waals surface area contributed by atoms with E-state index < -0.39 is 0 Å².